The quantitative estimate of drug-likeness (QED) is 0.314. The van der Waals surface area contributed by atoms with Crippen molar-refractivity contribution in [2.24, 2.45) is 0 Å². The highest BCUT2D eigenvalue weighted by Crippen LogP contribution is 2.31. The van der Waals surface area contributed by atoms with Crippen molar-refractivity contribution in [3.05, 3.63) is 70.9 Å². The van der Waals surface area contributed by atoms with Crippen LogP contribution in [-0.2, 0) is 4.79 Å². The van der Waals surface area contributed by atoms with Crippen molar-refractivity contribution < 1.29 is 9.21 Å². The number of rotatable bonds is 5. The van der Waals surface area contributed by atoms with Crippen LogP contribution < -0.4 is 5.32 Å². The minimum Gasteiger partial charge on any atom is -0.461 e. The van der Waals surface area contributed by atoms with E-state index in [0.29, 0.717) is 32.3 Å². The number of aromatic nitrogens is 2. The van der Waals surface area contributed by atoms with Crippen LogP contribution in [-0.4, -0.2) is 21.6 Å². The molecule has 0 aliphatic carbocycles. The Balaban J connectivity index is 1.58. The molecule has 0 atom stereocenters. The number of fused-ring (bicyclic) bond motifs is 1. The van der Waals surface area contributed by atoms with E-state index in [-0.39, 0.29) is 11.7 Å². The lowest BCUT2D eigenvalue weighted by Crippen LogP contribution is -2.15. The first-order valence-electron chi connectivity index (χ1n) is 8.29. The average Bonchev–Trinajstić information content (AvgIpc) is 3.24. The molecule has 0 bridgehead atoms. The summed E-state index contributed by atoms with van der Waals surface area (Å²) in [6.45, 7) is 0. The number of nitrogens with one attached hydrogen (secondary N) is 1. The molecule has 0 saturated heterocycles. The second-order valence-electron chi connectivity index (χ2n) is 5.78. The number of nitrogens with zero attached hydrogens (tertiary/aromatic N) is 2. The third-order valence-corrected chi connectivity index (χ3v) is 5.50. The molecule has 0 aliphatic rings. The molecule has 2 aromatic carbocycles. The van der Waals surface area contributed by atoms with Gasteiger partial charge < -0.3 is 9.73 Å². The monoisotopic (exact) mass is 429 g/mol. The van der Waals surface area contributed by atoms with E-state index in [1.165, 1.54) is 11.8 Å². The Morgan fingerprint density at radius 3 is 2.54 bits per heavy atom. The van der Waals surface area contributed by atoms with Gasteiger partial charge >= 0.3 is 0 Å². The van der Waals surface area contributed by atoms with Gasteiger partial charge in [-0.05, 0) is 30.3 Å². The van der Waals surface area contributed by atoms with Crippen LogP contribution in [0.2, 0.25) is 10.0 Å². The number of anilines is 1. The third kappa shape index (κ3) is 3.99. The van der Waals surface area contributed by atoms with E-state index in [9.17, 15) is 4.79 Å². The number of furan rings is 1. The molecule has 1 amide bonds. The number of carbonyl (C=O) groups excluding carboxylic acids is 1. The highest BCUT2D eigenvalue weighted by molar-refractivity contribution is 8.00. The van der Waals surface area contributed by atoms with E-state index in [1.54, 1.807) is 36.6 Å². The highest BCUT2D eigenvalue weighted by atomic mass is 35.5. The fourth-order valence-electron chi connectivity index (χ4n) is 2.60. The number of hydrogen-bond donors (Lipinski definition) is 1. The Labute approximate surface area is 175 Å². The number of thioether (sulfide) groups is 1. The normalized spacial score (nSPS) is 10.9. The predicted octanol–water partition coefficient (Wildman–Crippen LogP) is 5.93. The molecular formula is C20H13Cl2N3O2S. The molecule has 0 radical (unpaired) electrons. The van der Waals surface area contributed by atoms with Gasteiger partial charge in [0.2, 0.25) is 5.91 Å². The zero-order valence-electron chi connectivity index (χ0n) is 14.4. The van der Waals surface area contributed by atoms with Crippen molar-refractivity contribution in [1.29, 1.82) is 0 Å². The van der Waals surface area contributed by atoms with Crippen molar-refractivity contribution in [2.75, 3.05) is 11.1 Å². The Morgan fingerprint density at radius 1 is 1.00 bits per heavy atom. The summed E-state index contributed by atoms with van der Waals surface area (Å²) in [5.41, 5.74) is 1.18. The maximum atomic E-state index is 12.4. The maximum absolute atomic E-state index is 12.4. The van der Waals surface area contributed by atoms with Crippen molar-refractivity contribution in [3.8, 4) is 11.6 Å². The van der Waals surface area contributed by atoms with E-state index in [0.717, 1.165) is 10.9 Å². The molecule has 28 heavy (non-hydrogen) atoms. The number of halogens is 2. The number of para-hydroxylation sites is 2. The lowest BCUT2D eigenvalue weighted by Gasteiger charge is -2.10. The van der Waals surface area contributed by atoms with Crippen molar-refractivity contribution in [2.45, 2.75) is 5.03 Å². The van der Waals surface area contributed by atoms with E-state index >= 15 is 0 Å². The second kappa shape index (κ2) is 8.22. The van der Waals surface area contributed by atoms with Crippen molar-refractivity contribution in [3.63, 3.8) is 0 Å². The van der Waals surface area contributed by atoms with Crippen molar-refractivity contribution in [1.82, 2.24) is 9.97 Å². The molecule has 0 aliphatic heterocycles. The van der Waals surface area contributed by atoms with Gasteiger partial charge in [0.05, 0.1) is 33.3 Å². The topological polar surface area (TPSA) is 68.0 Å². The van der Waals surface area contributed by atoms with Gasteiger partial charge in [-0.1, -0.05) is 59.2 Å². The van der Waals surface area contributed by atoms with Crippen LogP contribution in [0.15, 0.2) is 70.3 Å². The van der Waals surface area contributed by atoms with Gasteiger partial charge in [-0.3, -0.25) is 4.79 Å². The lowest BCUT2D eigenvalue weighted by atomic mass is 10.2. The zero-order valence-corrected chi connectivity index (χ0v) is 16.7. The first kappa shape index (κ1) is 18.8. The summed E-state index contributed by atoms with van der Waals surface area (Å²) in [7, 11) is 0. The van der Waals surface area contributed by atoms with Gasteiger partial charge in [0.1, 0.15) is 5.03 Å². The molecule has 5 nitrogen and oxygen atoms in total. The Kier molecular flexibility index (Phi) is 5.52. The SMILES string of the molecule is O=C(CSc1nc(-c2ccco2)nc2ccccc12)Nc1c(Cl)cccc1Cl. The first-order valence-corrected chi connectivity index (χ1v) is 10.0. The molecular weight excluding hydrogens is 417 g/mol. The second-order valence-corrected chi connectivity index (χ2v) is 7.56. The summed E-state index contributed by atoms with van der Waals surface area (Å²) >= 11 is 13.5. The van der Waals surface area contributed by atoms with E-state index in [1.807, 2.05) is 24.3 Å². The van der Waals surface area contributed by atoms with Gasteiger partial charge in [-0.2, -0.15) is 0 Å². The van der Waals surface area contributed by atoms with Crippen molar-refractivity contribution >= 4 is 57.5 Å². The molecule has 4 aromatic rings. The van der Waals surface area contributed by atoms with Gasteiger partial charge in [0.25, 0.3) is 0 Å². The van der Waals surface area contributed by atoms with Crippen LogP contribution in [0.3, 0.4) is 0 Å². The van der Waals surface area contributed by atoms with E-state index in [4.69, 9.17) is 27.6 Å². The Hall–Kier alpha value is -2.54. The minimum absolute atomic E-state index is 0.139. The molecule has 140 valence electrons. The molecule has 8 heteroatoms. The van der Waals surface area contributed by atoms with E-state index in [2.05, 4.69) is 15.3 Å². The molecule has 0 unspecified atom stereocenters. The smallest absolute Gasteiger partial charge is 0.234 e. The fourth-order valence-corrected chi connectivity index (χ4v) is 3.91. The van der Waals surface area contributed by atoms with Crippen LogP contribution in [0.1, 0.15) is 0 Å². The molecule has 2 heterocycles. The maximum Gasteiger partial charge on any atom is 0.234 e. The number of hydrogen-bond acceptors (Lipinski definition) is 5. The molecule has 1 N–H and O–H groups in total. The van der Waals surface area contributed by atoms with Crippen LogP contribution >= 0.6 is 35.0 Å². The summed E-state index contributed by atoms with van der Waals surface area (Å²) in [5.74, 6) is 0.947. The Morgan fingerprint density at radius 2 is 1.79 bits per heavy atom. The van der Waals surface area contributed by atoms with Gasteiger partial charge in [0.15, 0.2) is 11.6 Å². The molecule has 0 fully saturated rings. The van der Waals surface area contributed by atoms with Crippen LogP contribution in [0.4, 0.5) is 5.69 Å². The molecule has 4 rings (SSSR count). The summed E-state index contributed by atoms with van der Waals surface area (Å²) in [4.78, 5) is 21.6. The molecule has 2 aromatic heterocycles. The third-order valence-electron chi connectivity index (χ3n) is 3.88. The predicted molar refractivity (Wildman–Crippen MR) is 113 cm³/mol. The summed E-state index contributed by atoms with van der Waals surface area (Å²) in [6.07, 6.45) is 1.57. The van der Waals surface area contributed by atoms with Gasteiger partial charge in [0, 0.05) is 5.39 Å². The van der Waals surface area contributed by atoms with Crippen LogP contribution in [0, 0.1) is 0 Å². The summed E-state index contributed by atoms with van der Waals surface area (Å²) < 4.78 is 5.41. The van der Waals surface area contributed by atoms with Gasteiger partial charge in [-0.15, -0.1) is 0 Å². The first-order chi connectivity index (χ1) is 13.6. The zero-order chi connectivity index (χ0) is 19.5. The largest absolute Gasteiger partial charge is 0.461 e. The number of benzene rings is 2. The number of amides is 1. The van der Waals surface area contributed by atoms with Gasteiger partial charge in [-0.25, -0.2) is 9.97 Å². The van der Waals surface area contributed by atoms with E-state index < -0.39 is 0 Å². The number of carbonyl (C=O) groups is 1. The minimum atomic E-state index is -0.234. The standard InChI is InChI=1S/C20H13Cl2N3O2S/c21-13-6-3-7-14(22)18(13)24-17(26)11-28-20-12-5-1-2-8-15(12)23-19(25-20)16-9-4-10-27-16/h1-10H,11H2,(H,24,26). The average molecular weight is 430 g/mol. The fraction of sp³-hybridized carbons (Fsp3) is 0.0500. The highest BCUT2D eigenvalue weighted by Gasteiger charge is 2.14. The molecule has 0 spiro atoms. The Bertz CT molecular complexity index is 1130. The lowest BCUT2D eigenvalue weighted by molar-refractivity contribution is -0.113. The van der Waals surface area contributed by atoms with Crippen LogP contribution in [0.5, 0.6) is 0 Å². The summed E-state index contributed by atoms with van der Waals surface area (Å²) in [5, 5.41) is 5.09. The van der Waals surface area contributed by atoms with Crippen LogP contribution in [0.25, 0.3) is 22.5 Å². The summed E-state index contributed by atoms with van der Waals surface area (Å²) in [6, 6.07) is 16.3. The molecule has 0 saturated carbocycles.